The normalized spacial score (nSPS) is 14.5. The van der Waals surface area contributed by atoms with Crippen molar-refractivity contribution in [2.75, 3.05) is 111 Å². The van der Waals surface area contributed by atoms with Crippen molar-refractivity contribution in [3.05, 3.63) is 131 Å². The van der Waals surface area contributed by atoms with E-state index < -0.39 is 47.7 Å². The van der Waals surface area contributed by atoms with Crippen molar-refractivity contribution >= 4 is 59.4 Å². The van der Waals surface area contributed by atoms with Crippen LogP contribution in [0, 0.1) is 0 Å². The molecule has 0 spiro atoms. The third kappa shape index (κ3) is 27.0. The molecule has 7 amide bonds. The average molecular weight is 1220 g/mol. The standard InChI is InChI=1S/C61H83N13O14/c1-2-51(76)63-25-26-66-61(87)70-60(62)65-24-9-14-50(58(85)68-38-44-17-21-48(75)22-18-44)69-59(86)56(45-10-4-3-5-11-45)47-12-8-13-49(36-47)88-35-7-6-23-64-57(84)46-19-15-43(16-20-46)37-67-52(77)39-71-27-29-72(40-53(78)79)31-33-74(42-55(82)83)34-32-73(30-28-71)41-54(80)81/h3-5,8,10-13,15-22,36,50,56,75H,2,6-7,9,14,23-35,37-42H2,1H3,(H,63,76)(H,64,84)(H,67,77)(H,68,85)(H,69,86)(H,78,79)(H,80,81)(H,82,83)(H4,62,65,66,70,87)/t50-,56-/m1/s1. The highest BCUT2D eigenvalue weighted by Crippen LogP contribution is 2.28. The number of urea groups is 1. The molecule has 1 aliphatic rings. The summed E-state index contributed by atoms with van der Waals surface area (Å²) in [6.45, 7) is 4.52. The minimum Gasteiger partial charge on any atom is -0.508 e. The number of aromatic hydroxyl groups is 1. The van der Waals surface area contributed by atoms with Gasteiger partial charge in [-0.25, -0.2) is 4.79 Å². The number of benzene rings is 4. The van der Waals surface area contributed by atoms with E-state index in [-0.39, 0.29) is 140 Å². The maximum Gasteiger partial charge on any atom is 0.321 e. The molecule has 27 heteroatoms. The van der Waals surface area contributed by atoms with E-state index >= 15 is 0 Å². The average Bonchev–Trinajstić information content (AvgIpc) is 3.69. The summed E-state index contributed by atoms with van der Waals surface area (Å²) < 4.78 is 6.14. The Bertz CT molecular complexity index is 2900. The van der Waals surface area contributed by atoms with Crippen LogP contribution < -0.4 is 47.7 Å². The number of nitrogens with one attached hydrogen (secondary N) is 7. The SMILES string of the molecule is CCC(=O)NCCNC(=O)NC(N)=NCCC[C@@H](NC(=O)[C@H](c1ccccc1)c1cccc(OCCCCNC(=O)c2ccc(CNC(=O)CN3CCN(CC(=O)O)CCN(CC(=O)O)CCN(CC(=O)O)CC3)cc2)c1)C(=O)NCc1ccc(O)cc1. The van der Waals surface area contributed by atoms with Gasteiger partial charge in [-0.3, -0.25) is 68.3 Å². The number of amides is 7. The molecule has 4 aromatic rings. The fraction of sp³-hybridized carbons (Fsp3) is 0.443. The zero-order valence-corrected chi connectivity index (χ0v) is 49.6. The molecule has 1 saturated heterocycles. The fourth-order valence-electron chi connectivity index (χ4n) is 9.31. The maximum absolute atomic E-state index is 14.5. The minimum atomic E-state index is -1.05. The van der Waals surface area contributed by atoms with Crippen LogP contribution in [0.15, 0.2) is 108 Å². The highest BCUT2D eigenvalue weighted by molar-refractivity contribution is 5.96. The Balaban J connectivity index is 1.10. The summed E-state index contributed by atoms with van der Waals surface area (Å²) in [5, 5.41) is 57.5. The second-order valence-electron chi connectivity index (χ2n) is 20.9. The van der Waals surface area contributed by atoms with Crippen LogP contribution in [0.1, 0.15) is 77.6 Å². The lowest BCUT2D eigenvalue weighted by Crippen LogP contribution is -2.49. The molecule has 0 aliphatic carbocycles. The van der Waals surface area contributed by atoms with Crippen LogP contribution in [0.4, 0.5) is 4.79 Å². The Morgan fingerprint density at radius 1 is 0.568 bits per heavy atom. The smallest absolute Gasteiger partial charge is 0.321 e. The third-order valence-electron chi connectivity index (χ3n) is 14.1. The molecule has 88 heavy (non-hydrogen) atoms. The van der Waals surface area contributed by atoms with E-state index in [4.69, 9.17) is 10.5 Å². The molecule has 0 aromatic heterocycles. The molecular formula is C61H83N13O14. The van der Waals surface area contributed by atoms with E-state index in [2.05, 4.69) is 42.2 Å². The number of carbonyl (C=O) groups excluding carboxylic acids is 6. The van der Waals surface area contributed by atoms with Gasteiger partial charge < -0.3 is 62.8 Å². The van der Waals surface area contributed by atoms with Crippen LogP contribution >= 0.6 is 0 Å². The van der Waals surface area contributed by atoms with Gasteiger partial charge >= 0.3 is 23.9 Å². The molecule has 0 bridgehead atoms. The van der Waals surface area contributed by atoms with Crippen LogP contribution in [0.5, 0.6) is 11.5 Å². The van der Waals surface area contributed by atoms with Gasteiger partial charge in [-0.15, -0.1) is 0 Å². The number of ether oxygens (including phenoxy) is 1. The van der Waals surface area contributed by atoms with Crippen LogP contribution in [-0.4, -0.2) is 217 Å². The molecule has 13 N–H and O–H groups in total. The summed E-state index contributed by atoms with van der Waals surface area (Å²) in [6, 6.07) is 27.7. The molecule has 1 aliphatic heterocycles. The number of carbonyl (C=O) groups is 9. The van der Waals surface area contributed by atoms with Gasteiger partial charge in [0.15, 0.2) is 5.96 Å². The molecule has 4 aromatic carbocycles. The van der Waals surface area contributed by atoms with Gasteiger partial charge in [0.05, 0.1) is 38.7 Å². The van der Waals surface area contributed by atoms with Crippen LogP contribution in [0.3, 0.4) is 0 Å². The van der Waals surface area contributed by atoms with Gasteiger partial charge in [0.2, 0.25) is 23.6 Å². The van der Waals surface area contributed by atoms with E-state index in [9.17, 15) is 63.6 Å². The first-order valence-electron chi connectivity index (χ1n) is 29.3. The number of phenols is 1. The monoisotopic (exact) mass is 1220 g/mol. The number of unbranched alkanes of at least 4 members (excludes halogenated alkanes) is 1. The molecule has 5 rings (SSSR count). The number of carboxylic acids is 3. The Labute approximate surface area is 511 Å². The Morgan fingerprint density at radius 2 is 1.11 bits per heavy atom. The first kappa shape index (κ1) is 69.6. The highest BCUT2D eigenvalue weighted by atomic mass is 16.5. The molecular weight excluding hydrogens is 1140 g/mol. The second kappa shape index (κ2) is 38.1. The number of hydrogen-bond donors (Lipinski definition) is 12. The largest absolute Gasteiger partial charge is 0.508 e. The van der Waals surface area contributed by atoms with Gasteiger partial charge in [0.1, 0.15) is 17.5 Å². The van der Waals surface area contributed by atoms with Crippen LogP contribution in [-0.2, 0) is 46.7 Å². The van der Waals surface area contributed by atoms with E-state index in [1.165, 1.54) is 12.1 Å². The molecule has 0 radical (unpaired) electrons. The predicted octanol–water partition coefficient (Wildman–Crippen LogP) is 0.926. The zero-order valence-electron chi connectivity index (χ0n) is 49.6. The molecule has 1 heterocycles. The zero-order chi connectivity index (χ0) is 63.6. The molecule has 2 atom stereocenters. The summed E-state index contributed by atoms with van der Waals surface area (Å²) in [6.07, 6.45) is 1.93. The number of nitrogens with zero attached hydrogens (tertiary/aromatic N) is 5. The lowest BCUT2D eigenvalue weighted by atomic mass is 9.90. The molecule has 0 unspecified atom stereocenters. The summed E-state index contributed by atoms with van der Waals surface area (Å²) in [5.41, 5.74) is 9.10. The van der Waals surface area contributed by atoms with Crippen molar-refractivity contribution in [3.63, 3.8) is 0 Å². The number of rotatable bonds is 32. The lowest BCUT2D eigenvalue weighted by molar-refractivity contribution is -0.140. The first-order valence-corrected chi connectivity index (χ1v) is 29.3. The van der Waals surface area contributed by atoms with E-state index in [1.807, 2.05) is 35.2 Å². The lowest BCUT2D eigenvalue weighted by Gasteiger charge is -2.32. The number of carboxylic acid groups (broad SMARTS) is 3. The van der Waals surface area contributed by atoms with Gasteiger partial charge in [-0.1, -0.05) is 73.7 Å². The third-order valence-corrected chi connectivity index (χ3v) is 14.1. The quantitative estimate of drug-likeness (QED) is 0.0184. The first-order chi connectivity index (χ1) is 42.3. The summed E-state index contributed by atoms with van der Waals surface area (Å²) in [4.78, 5) is 124. The van der Waals surface area contributed by atoms with Gasteiger partial charge in [-0.05, 0) is 84.3 Å². The minimum absolute atomic E-state index is 0.0413. The predicted molar refractivity (Wildman–Crippen MR) is 326 cm³/mol. The fourth-order valence-corrected chi connectivity index (χ4v) is 9.31. The second-order valence-corrected chi connectivity index (χ2v) is 20.9. The number of aliphatic carboxylic acids is 3. The number of aliphatic imine (C=N–C) groups is 1. The van der Waals surface area contributed by atoms with Crippen molar-refractivity contribution in [1.82, 2.24) is 56.8 Å². The van der Waals surface area contributed by atoms with Crippen molar-refractivity contribution in [3.8, 4) is 11.5 Å². The van der Waals surface area contributed by atoms with E-state index in [0.717, 1.165) is 11.1 Å². The number of guanidine groups is 1. The molecule has 476 valence electrons. The van der Waals surface area contributed by atoms with E-state index in [0.29, 0.717) is 67.9 Å². The molecule has 1 fully saturated rings. The Hall–Kier alpha value is -9.18. The highest BCUT2D eigenvalue weighted by Gasteiger charge is 2.29. The topological polar surface area (TPSA) is 379 Å². The molecule has 0 saturated carbocycles. The maximum atomic E-state index is 14.5. The number of nitrogens with two attached hydrogens (primary N) is 1. The van der Waals surface area contributed by atoms with Gasteiger partial charge in [0.25, 0.3) is 5.91 Å². The number of phenolic OH excluding ortho intramolecular Hbond substituents is 1. The van der Waals surface area contributed by atoms with Gasteiger partial charge in [-0.2, -0.15) is 0 Å². The van der Waals surface area contributed by atoms with Crippen LogP contribution in [0.25, 0.3) is 0 Å². The van der Waals surface area contributed by atoms with Crippen molar-refractivity contribution in [1.29, 1.82) is 0 Å². The molecule has 27 nitrogen and oxygen atoms in total. The van der Waals surface area contributed by atoms with Crippen molar-refractivity contribution < 1.29 is 68.3 Å². The van der Waals surface area contributed by atoms with Crippen LogP contribution in [0.2, 0.25) is 0 Å². The Morgan fingerprint density at radius 3 is 1.69 bits per heavy atom. The Kier molecular flexibility index (Phi) is 30.1. The van der Waals surface area contributed by atoms with Crippen molar-refractivity contribution in [2.24, 2.45) is 10.7 Å². The van der Waals surface area contributed by atoms with Crippen molar-refractivity contribution in [2.45, 2.75) is 64.1 Å². The summed E-state index contributed by atoms with van der Waals surface area (Å²) >= 11 is 0. The summed E-state index contributed by atoms with van der Waals surface area (Å²) in [7, 11) is 0. The van der Waals surface area contributed by atoms with Gasteiger partial charge in [0, 0.05) is 104 Å². The summed E-state index contributed by atoms with van der Waals surface area (Å²) in [5.74, 6) is -5.22. The number of hydrogen-bond acceptors (Lipinski definition) is 16. The van der Waals surface area contributed by atoms with E-state index in [1.54, 1.807) is 82.3 Å².